The molecule has 0 radical (unpaired) electrons. The highest BCUT2D eigenvalue weighted by atomic mass is 16.1. The predicted octanol–water partition coefficient (Wildman–Crippen LogP) is 3.91. The van der Waals surface area contributed by atoms with Crippen LogP contribution < -0.4 is 10.6 Å². The van der Waals surface area contributed by atoms with Crippen LogP contribution in [0.4, 0.5) is 17.2 Å². The van der Waals surface area contributed by atoms with Gasteiger partial charge in [0.15, 0.2) is 5.82 Å². The summed E-state index contributed by atoms with van der Waals surface area (Å²) in [6, 6.07) is 16.3. The molecule has 2 aromatic carbocycles. The molecule has 3 heterocycles. The van der Waals surface area contributed by atoms with E-state index in [1.807, 2.05) is 49.5 Å². The van der Waals surface area contributed by atoms with Gasteiger partial charge in [-0.15, -0.1) is 0 Å². The van der Waals surface area contributed by atoms with E-state index in [2.05, 4.69) is 35.7 Å². The molecule has 9 nitrogen and oxygen atoms in total. The fourth-order valence-corrected chi connectivity index (χ4v) is 3.23. The Morgan fingerprint density at radius 2 is 1.66 bits per heavy atom. The van der Waals surface area contributed by atoms with Crippen molar-refractivity contribution in [3.8, 4) is 5.82 Å². The van der Waals surface area contributed by atoms with Crippen molar-refractivity contribution in [1.82, 2.24) is 29.7 Å². The van der Waals surface area contributed by atoms with Crippen LogP contribution in [0.3, 0.4) is 0 Å². The molecule has 5 rings (SSSR count). The van der Waals surface area contributed by atoms with Crippen LogP contribution in [0.5, 0.6) is 0 Å². The van der Waals surface area contributed by atoms with Gasteiger partial charge in [0.05, 0.1) is 11.0 Å². The van der Waals surface area contributed by atoms with Gasteiger partial charge in [0.2, 0.25) is 0 Å². The minimum atomic E-state index is -0.214. The molecule has 9 heteroatoms. The summed E-state index contributed by atoms with van der Waals surface area (Å²) < 4.78 is 1.68. The summed E-state index contributed by atoms with van der Waals surface area (Å²) in [7, 11) is 0. The number of anilines is 3. The summed E-state index contributed by atoms with van der Waals surface area (Å²) in [5.74, 6) is 1.74. The number of aromatic nitrogens is 6. The Labute approximate surface area is 183 Å². The van der Waals surface area contributed by atoms with Crippen LogP contribution in [-0.4, -0.2) is 35.6 Å². The molecular weight excluding hydrogens is 404 g/mol. The molecule has 0 unspecified atom stereocenters. The third kappa shape index (κ3) is 4.12. The number of amides is 1. The zero-order valence-electron chi connectivity index (χ0n) is 17.1. The van der Waals surface area contributed by atoms with Gasteiger partial charge in [-0.2, -0.15) is 5.10 Å². The molecule has 0 aliphatic rings. The first kappa shape index (κ1) is 19.3. The normalized spacial score (nSPS) is 10.8. The third-order valence-corrected chi connectivity index (χ3v) is 4.71. The summed E-state index contributed by atoms with van der Waals surface area (Å²) >= 11 is 0. The summed E-state index contributed by atoms with van der Waals surface area (Å²) in [4.78, 5) is 29.9. The highest BCUT2D eigenvalue weighted by Crippen LogP contribution is 2.20. The molecule has 0 bridgehead atoms. The van der Waals surface area contributed by atoms with Crippen molar-refractivity contribution < 1.29 is 4.79 Å². The molecule has 3 aromatic heterocycles. The van der Waals surface area contributed by atoms with Crippen LogP contribution in [0.1, 0.15) is 16.2 Å². The Hall–Kier alpha value is -4.66. The largest absolute Gasteiger partial charge is 0.340 e. The van der Waals surface area contributed by atoms with E-state index in [1.54, 1.807) is 41.5 Å². The lowest BCUT2D eigenvalue weighted by Crippen LogP contribution is -2.12. The van der Waals surface area contributed by atoms with E-state index < -0.39 is 0 Å². The summed E-state index contributed by atoms with van der Waals surface area (Å²) in [5, 5.41) is 10.4. The lowest BCUT2D eigenvalue weighted by atomic mass is 10.1. The molecular formula is C23H18N8O. The van der Waals surface area contributed by atoms with E-state index in [4.69, 9.17) is 0 Å². The maximum atomic E-state index is 12.6. The maximum Gasteiger partial charge on any atom is 0.255 e. The number of carbonyl (C=O) groups excluding carboxylic acids is 1. The Bertz CT molecular complexity index is 1400. The van der Waals surface area contributed by atoms with E-state index in [1.165, 1.54) is 0 Å². The van der Waals surface area contributed by atoms with Gasteiger partial charge in [-0.1, -0.05) is 0 Å². The lowest BCUT2D eigenvalue weighted by Gasteiger charge is -2.10. The monoisotopic (exact) mass is 422 g/mol. The Morgan fingerprint density at radius 3 is 2.44 bits per heavy atom. The van der Waals surface area contributed by atoms with Gasteiger partial charge >= 0.3 is 0 Å². The number of carbonyl (C=O) groups is 1. The van der Waals surface area contributed by atoms with Crippen LogP contribution in [0.2, 0.25) is 0 Å². The first-order valence-electron chi connectivity index (χ1n) is 9.89. The van der Waals surface area contributed by atoms with E-state index in [-0.39, 0.29) is 5.91 Å². The van der Waals surface area contributed by atoms with E-state index >= 15 is 0 Å². The van der Waals surface area contributed by atoms with Gasteiger partial charge < -0.3 is 10.6 Å². The van der Waals surface area contributed by atoms with Crippen molar-refractivity contribution in [3.63, 3.8) is 0 Å². The van der Waals surface area contributed by atoms with Gasteiger partial charge in [0, 0.05) is 47.8 Å². The van der Waals surface area contributed by atoms with Crippen molar-refractivity contribution in [2.45, 2.75) is 6.92 Å². The number of hydrogen-bond donors (Lipinski definition) is 2. The summed E-state index contributed by atoms with van der Waals surface area (Å²) in [6.45, 7) is 1.83. The third-order valence-electron chi connectivity index (χ3n) is 4.71. The van der Waals surface area contributed by atoms with E-state index in [0.717, 1.165) is 11.2 Å². The smallest absolute Gasteiger partial charge is 0.255 e. The Morgan fingerprint density at radius 1 is 0.875 bits per heavy atom. The van der Waals surface area contributed by atoms with Gasteiger partial charge in [-0.3, -0.25) is 14.8 Å². The molecule has 0 atom stereocenters. The predicted molar refractivity (Wildman–Crippen MR) is 121 cm³/mol. The van der Waals surface area contributed by atoms with Gasteiger partial charge in [0.1, 0.15) is 11.6 Å². The summed E-state index contributed by atoms with van der Waals surface area (Å²) in [6.07, 6.45) is 6.75. The zero-order valence-corrected chi connectivity index (χ0v) is 17.1. The average molecular weight is 422 g/mol. The number of aryl methyl sites for hydroxylation is 1. The minimum absolute atomic E-state index is 0.214. The number of rotatable bonds is 5. The van der Waals surface area contributed by atoms with Gasteiger partial charge in [-0.25, -0.2) is 14.6 Å². The number of fused-ring (bicyclic) bond motifs is 1. The number of hydrogen-bond acceptors (Lipinski definition) is 7. The van der Waals surface area contributed by atoms with Crippen molar-refractivity contribution in [1.29, 1.82) is 0 Å². The molecule has 0 spiro atoms. The first-order valence-corrected chi connectivity index (χ1v) is 9.89. The van der Waals surface area contributed by atoms with Crippen molar-refractivity contribution >= 4 is 34.1 Å². The zero-order chi connectivity index (χ0) is 21.9. The lowest BCUT2D eigenvalue weighted by molar-refractivity contribution is 0.102. The fraction of sp³-hybridized carbons (Fsp3) is 0.0435. The van der Waals surface area contributed by atoms with Crippen LogP contribution >= 0.6 is 0 Å². The Balaban J connectivity index is 1.29. The molecule has 2 N–H and O–H groups in total. The SMILES string of the molecule is Cc1nc(Nc2ccc(NC(=O)c3ccc4nccnc4c3)cc2)cc(-n2cccn2)n1. The van der Waals surface area contributed by atoms with Gasteiger partial charge in [-0.05, 0) is 55.5 Å². The second-order valence-corrected chi connectivity index (χ2v) is 7.03. The maximum absolute atomic E-state index is 12.6. The van der Waals surface area contributed by atoms with Crippen LogP contribution in [0.25, 0.3) is 16.9 Å². The second-order valence-electron chi connectivity index (χ2n) is 7.03. The number of benzene rings is 2. The standard InChI is InChI=1S/C23H18N8O/c1-15-27-21(14-22(28-15)31-12-2-9-26-31)29-17-4-6-18(7-5-17)30-23(32)16-3-8-19-20(13-16)25-11-10-24-19/h2-14H,1H3,(H,30,32)(H,27,28,29). The molecule has 5 aromatic rings. The molecule has 1 amide bonds. The molecule has 0 saturated heterocycles. The Kier molecular flexibility index (Phi) is 4.97. The molecule has 0 saturated carbocycles. The molecule has 0 fully saturated rings. The fourth-order valence-electron chi connectivity index (χ4n) is 3.23. The number of nitrogens with zero attached hydrogens (tertiary/aromatic N) is 6. The first-order chi connectivity index (χ1) is 15.6. The topological polar surface area (TPSA) is 111 Å². The molecule has 0 aliphatic carbocycles. The highest BCUT2D eigenvalue weighted by molar-refractivity contribution is 6.05. The van der Waals surface area contributed by atoms with Gasteiger partial charge in [0.25, 0.3) is 5.91 Å². The second kappa shape index (κ2) is 8.23. The van der Waals surface area contributed by atoms with Crippen LogP contribution in [0.15, 0.2) is 79.4 Å². The van der Waals surface area contributed by atoms with Crippen molar-refractivity contribution in [2.24, 2.45) is 0 Å². The molecule has 156 valence electrons. The molecule has 32 heavy (non-hydrogen) atoms. The number of nitrogens with one attached hydrogen (secondary N) is 2. The summed E-state index contributed by atoms with van der Waals surface area (Å²) in [5.41, 5.74) is 3.44. The average Bonchev–Trinajstić information content (AvgIpc) is 3.35. The van der Waals surface area contributed by atoms with E-state index in [0.29, 0.717) is 34.2 Å². The van der Waals surface area contributed by atoms with Crippen molar-refractivity contribution in [2.75, 3.05) is 10.6 Å². The van der Waals surface area contributed by atoms with Crippen LogP contribution in [-0.2, 0) is 0 Å². The van der Waals surface area contributed by atoms with Crippen molar-refractivity contribution in [3.05, 3.63) is 90.8 Å². The van der Waals surface area contributed by atoms with E-state index in [9.17, 15) is 4.79 Å². The highest BCUT2D eigenvalue weighted by Gasteiger charge is 2.09. The quantitative estimate of drug-likeness (QED) is 0.442. The minimum Gasteiger partial charge on any atom is -0.340 e. The van der Waals surface area contributed by atoms with Crippen LogP contribution in [0, 0.1) is 6.92 Å². The molecule has 0 aliphatic heterocycles.